The molecule has 3 rings (SSSR count). The number of ether oxygens (including phenoxy) is 3. The summed E-state index contributed by atoms with van der Waals surface area (Å²) in [5.74, 6) is 2.26. The molecule has 5 nitrogen and oxygen atoms in total. The van der Waals surface area contributed by atoms with Gasteiger partial charge in [0.2, 0.25) is 0 Å². The van der Waals surface area contributed by atoms with Gasteiger partial charge in [0, 0.05) is 18.2 Å². The summed E-state index contributed by atoms with van der Waals surface area (Å²) in [6, 6.07) is 9.27. The van der Waals surface area contributed by atoms with E-state index >= 15 is 0 Å². The molecule has 1 heterocycles. The first kappa shape index (κ1) is 15.5. The summed E-state index contributed by atoms with van der Waals surface area (Å²) in [6.45, 7) is 0.832. The number of benzene rings is 2. The Labute approximate surface area is 135 Å². The van der Waals surface area contributed by atoms with Crippen molar-refractivity contribution in [1.29, 1.82) is 0 Å². The Morgan fingerprint density at radius 3 is 2.35 bits per heavy atom. The summed E-state index contributed by atoms with van der Waals surface area (Å²) in [7, 11) is 4.85. The van der Waals surface area contributed by atoms with Gasteiger partial charge in [-0.2, -0.15) is 0 Å². The van der Waals surface area contributed by atoms with Crippen LogP contribution in [0.4, 0.5) is 0 Å². The van der Waals surface area contributed by atoms with Crippen LogP contribution in [0.5, 0.6) is 23.0 Å². The number of hydrogen-bond donors (Lipinski definition) is 2. The van der Waals surface area contributed by atoms with Crippen molar-refractivity contribution in [3.63, 3.8) is 0 Å². The van der Waals surface area contributed by atoms with Gasteiger partial charge in [0.05, 0.1) is 27.4 Å². The zero-order chi connectivity index (χ0) is 16.4. The molecule has 1 atom stereocenters. The van der Waals surface area contributed by atoms with Crippen molar-refractivity contribution in [2.75, 3.05) is 27.9 Å². The van der Waals surface area contributed by atoms with Crippen LogP contribution in [0.1, 0.15) is 22.7 Å². The van der Waals surface area contributed by atoms with Gasteiger partial charge in [0.25, 0.3) is 0 Å². The van der Waals surface area contributed by atoms with E-state index in [0.717, 1.165) is 29.8 Å². The number of rotatable bonds is 4. The quantitative estimate of drug-likeness (QED) is 0.908. The third-order valence-electron chi connectivity index (χ3n) is 4.25. The molecular weight excluding hydrogens is 294 g/mol. The Kier molecular flexibility index (Phi) is 4.30. The number of aromatic hydroxyl groups is 1. The lowest BCUT2D eigenvalue weighted by atomic mass is 9.89. The molecule has 23 heavy (non-hydrogen) atoms. The molecule has 0 saturated heterocycles. The second-order valence-corrected chi connectivity index (χ2v) is 5.47. The van der Waals surface area contributed by atoms with Crippen molar-refractivity contribution in [2.24, 2.45) is 0 Å². The van der Waals surface area contributed by atoms with Crippen molar-refractivity contribution in [3.8, 4) is 23.0 Å². The van der Waals surface area contributed by atoms with Gasteiger partial charge in [-0.3, -0.25) is 0 Å². The molecule has 0 radical (unpaired) electrons. The molecule has 0 bridgehead atoms. The van der Waals surface area contributed by atoms with Gasteiger partial charge in [-0.05, 0) is 41.8 Å². The summed E-state index contributed by atoms with van der Waals surface area (Å²) in [6.07, 6.45) is 0.906. The van der Waals surface area contributed by atoms with Gasteiger partial charge in [-0.15, -0.1) is 0 Å². The number of methoxy groups -OCH3 is 3. The summed E-state index contributed by atoms with van der Waals surface area (Å²) in [5, 5.41) is 13.8. The lowest BCUT2D eigenvalue weighted by Gasteiger charge is -2.29. The second-order valence-electron chi connectivity index (χ2n) is 5.47. The summed E-state index contributed by atoms with van der Waals surface area (Å²) in [4.78, 5) is 0. The third-order valence-corrected chi connectivity index (χ3v) is 4.25. The largest absolute Gasteiger partial charge is 0.507 e. The molecular formula is C18H21NO4. The molecule has 2 aromatic carbocycles. The minimum atomic E-state index is -0.0931. The van der Waals surface area contributed by atoms with Crippen molar-refractivity contribution in [1.82, 2.24) is 5.32 Å². The topological polar surface area (TPSA) is 60.0 Å². The third kappa shape index (κ3) is 2.80. The highest BCUT2D eigenvalue weighted by Crippen LogP contribution is 2.40. The summed E-state index contributed by atoms with van der Waals surface area (Å²) >= 11 is 0. The molecule has 0 aliphatic carbocycles. The average molecular weight is 315 g/mol. The molecule has 1 aliphatic heterocycles. The molecule has 1 aliphatic rings. The minimum Gasteiger partial charge on any atom is -0.507 e. The monoisotopic (exact) mass is 315 g/mol. The van der Waals surface area contributed by atoms with Crippen LogP contribution in [0, 0.1) is 0 Å². The fourth-order valence-electron chi connectivity index (χ4n) is 3.06. The SMILES string of the molecule is COc1ccc([C@H]2NCCc3cc(OC)c(OC)cc32)c(O)c1. The van der Waals surface area contributed by atoms with E-state index in [0.29, 0.717) is 11.5 Å². The maximum Gasteiger partial charge on any atom is 0.161 e. The zero-order valence-electron chi connectivity index (χ0n) is 13.6. The van der Waals surface area contributed by atoms with Gasteiger partial charge >= 0.3 is 0 Å². The highest BCUT2D eigenvalue weighted by Gasteiger charge is 2.26. The van der Waals surface area contributed by atoms with Gasteiger partial charge in [-0.1, -0.05) is 0 Å². The molecule has 0 saturated carbocycles. The smallest absolute Gasteiger partial charge is 0.161 e. The predicted molar refractivity (Wildman–Crippen MR) is 87.8 cm³/mol. The summed E-state index contributed by atoms with van der Waals surface area (Å²) < 4.78 is 16.0. The van der Waals surface area contributed by atoms with E-state index in [-0.39, 0.29) is 11.8 Å². The van der Waals surface area contributed by atoms with Gasteiger partial charge in [-0.25, -0.2) is 0 Å². The van der Waals surface area contributed by atoms with E-state index in [1.165, 1.54) is 5.56 Å². The molecule has 2 aromatic rings. The van der Waals surface area contributed by atoms with Crippen LogP contribution in [-0.2, 0) is 6.42 Å². The van der Waals surface area contributed by atoms with Gasteiger partial charge in [0.1, 0.15) is 11.5 Å². The Hall–Kier alpha value is -2.40. The van der Waals surface area contributed by atoms with Crippen LogP contribution in [0.3, 0.4) is 0 Å². The minimum absolute atomic E-state index is 0.0931. The average Bonchev–Trinajstić information content (AvgIpc) is 2.59. The highest BCUT2D eigenvalue weighted by atomic mass is 16.5. The van der Waals surface area contributed by atoms with E-state index in [9.17, 15) is 5.11 Å². The Bertz CT molecular complexity index is 714. The van der Waals surface area contributed by atoms with Gasteiger partial charge in [0.15, 0.2) is 11.5 Å². The number of fused-ring (bicyclic) bond motifs is 1. The Balaban J connectivity index is 2.07. The van der Waals surface area contributed by atoms with Crippen LogP contribution in [0.15, 0.2) is 30.3 Å². The first-order valence-electron chi connectivity index (χ1n) is 7.53. The maximum atomic E-state index is 10.4. The van der Waals surface area contributed by atoms with E-state index in [1.54, 1.807) is 27.4 Å². The van der Waals surface area contributed by atoms with Crippen molar-refractivity contribution < 1.29 is 19.3 Å². The molecule has 2 N–H and O–H groups in total. The first-order chi connectivity index (χ1) is 11.2. The molecule has 0 unspecified atom stereocenters. The van der Waals surface area contributed by atoms with E-state index in [2.05, 4.69) is 5.32 Å². The van der Waals surface area contributed by atoms with Crippen LogP contribution < -0.4 is 19.5 Å². The molecule has 0 fully saturated rings. The Morgan fingerprint density at radius 1 is 0.957 bits per heavy atom. The van der Waals surface area contributed by atoms with Gasteiger partial charge < -0.3 is 24.6 Å². The molecule has 0 spiro atoms. The number of phenols is 1. The fraction of sp³-hybridized carbons (Fsp3) is 0.333. The number of hydrogen-bond acceptors (Lipinski definition) is 5. The normalized spacial score (nSPS) is 16.6. The van der Waals surface area contributed by atoms with Crippen LogP contribution in [0.2, 0.25) is 0 Å². The fourth-order valence-corrected chi connectivity index (χ4v) is 3.06. The summed E-state index contributed by atoms with van der Waals surface area (Å²) in [5.41, 5.74) is 3.11. The van der Waals surface area contributed by atoms with E-state index in [4.69, 9.17) is 14.2 Å². The first-order valence-corrected chi connectivity index (χ1v) is 7.53. The highest BCUT2D eigenvalue weighted by molar-refractivity contribution is 5.54. The maximum absolute atomic E-state index is 10.4. The molecule has 0 amide bonds. The van der Waals surface area contributed by atoms with Crippen LogP contribution in [0.25, 0.3) is 0 Å². The van der Waals surface area contributed by atoms with E-state index < -0.39 is 0 Å². The Morgan fingerprint density at radius 2 is 1.70 bits per heavy atom. The lowest BCUT2D eigenvalue weighted by molar-refractivity contribution is 0.352. The standard InChI is InChI=1S/C18H21NO4/c1-21-12-4-5-13(15(20)9-12)18-14-10-17(23-3)16(22-2)8-11(14)6-7-19-18/h4-5,8-10,18-20H,6-7H2,1-3H3/t18-/m1/s1. The van der Waals surface area contributed by atoms with Crippen LogP contribution >= 0.6 is 0 Å². The number of nitrogens with one attached hydrogen (secondary N) is 1. The predicted octanol–water partition coefficient (Wildman–Crippen LogP) is 2.65. The van der Waals surface area contributed by atoms with E-state index in [1.807, 2.05) is 24.3 Å². The molecule has 5 heteroatoms. The zero-order valence-corrected chi connectivity index (χ0v) is 13.6. The molecule has 122 valence electrons. The second kappa shape index (κ2) is 6.38. The van der Waals surface area contributed by atoms with Crippen molar-refractivity contribution in [2.45, 2.75) is 12.5 Å². The molecule has 0 aromatic heterocycles. The number of phenolic OH excluding ortho intramolecular Hbond substituents is 1. The lowest BCUT2D eigenvalue weighted by Crippen LogP contribution is -2.30. The van der Waals surface area contributed by atoms with Crippen molar-refractivity contribution >= 4 is 0 Å². The van der Waals surface area contributed by atoms with Crippen LogP contribution in [-0.4, -0.2) is 33.0 Å². The van der Waals surface area contributed by atoms with Crippen molar-refractivity contribution in [3.05, 3.63) is 47.0 Å².